The highest BCUT2D eigenvalue weighted by Gasteiger charge is 2.29. The number of hydrogen-bond acceptors (Lipinski definition) is 2. The number of ether oxygens (including phenoxy) is 2. The third-order valence-corrected chi connectivity index (χ3v) is 2.74. The molecule has 0 fully saturated rings. The fourth-order valence-corrected chi connectivity index (χ4v) is 1.72. The topological polar surface area (TPSA) is 18.5 Å². The van der Waals surface area contributed by atoms with Gasteiger partial charge in [-0.25, -0.2) is 0 Å². The number of rotatable bonds is 5. The Bertz CT molecular complexity index is 658. The molecule has 2 aromatic rings. The predicted molar refractivity (Wildman–Crippen MR) is 76.7 cm³/mol. The Morgan fingerprint density at radius 1 is 0.955 bits per heavy atom. The van der Waals surface area contributed by atoms with E-state index in [9.17, 15) is 13.2 Å². The fraction of sp³-hybridized carbons (Fsp3) is 0.176. The van der Waals surface area contributed by atoms with Crippen molar-refractivity contribution in [3.8, 4) is 23.8 Å². The minimum absolute atomic E-state index is 0.00672. The Kier molecular flexibility index (Phi) is 4.95. The summed E-state index contributed by atoms with van der Waals surface area (Å²) in [5.41, 5.74) is 1.39. The van der Waals surface area contributed by atoms with Gasteiger partial charge in [0.25, 0.3) is 0 Å². The number of terminal acetylenes is 1. The van der Waals surface area contributed by atoms with Crippen LogP contribution in [0.5, 0.6) is 11.5 Å². The second-order valence-electron chi connectivity index (χ2n) is 4.48. The van der Waals surface area contributed by atoms with Crippen molar-refractivity contribution in [3.05, 3.63) is 59.7 Å². The van der Waals surface area contributed by atoms with Crippen LogP contribution in [-0.4, -0.2) is 12.8 Å². The van der Waals surface area contributed by atoms with Crippen molar-refractivity contribution in [2.75, 3.05) is 6.61 Å². The van der Waals surface area contributed by atoms with Gasteiger partial charge in [-0.3, -0.25) is 0 Å². The lowest BCUT2D eigenvalue weighted by Crippen LogP contribution is -2.19. The molecule has 2 nitrogen and oxygen atoms in total. The largest absolute Gasteiger partial charge is 0.485 e. The van der Waals surface area contributed by atoms with Crippen LogP contribution in [0.25, 0.3) is 0 Å². The Balaban J connectivity index is 2.14. The van der Waals surface area contributed by atoms with Crippen LogP contribution >= 0.6 is 0 Å². The van der Waals surface area contributed by atoms with Gasteiger partial charge in [0.15, 0.2) is 18.1 Å². The van der Waals surface area contributed by atoms with E-state index in [2.05, 4.69) is 5.92 Å². The summed E-state index contributed by atoms with van der Waals surface area (Å²) in [6.07, 6.45) is 0.878. The zero-order chi connectivity index (χ0) is 16.0. The number of benzene rings is 2. The molecule has 0 aliphatic rings. The van der Waals surface area contributed by atoms with E-state index >= 15 is 0 Å². The smallest absolute Gasteiger partial charge is 0.422 e. The van der Waals surface area contributed by atoms with E-state index in [1.165, 1.54) is 18.2 Å². The van der Waals surface area contributed by atoms with Crippen LogP contribution in [0.2, 0.25) is 0 Å². The highest BCUT2D eigenvalue weighted by Crippen LogP contribution is 2.30. The van der Waals surface area contributed by atoms with Crippen molar-refractivity contribution in [2.45, 2.75) is 12.8 Å². The van der Waals surface area contributed by atoms with Gasteiger partial charge in [0.2, 0.25) is 0 Å². The fourth-order valence-electron chi connectivity index (χ4n) is 1.72. The quantitative estimate of drug-likeness (QED) is 0.771. The van der Waals surface area contributed by atoms with Gasteiger partial charge in [0.05, 0.1) is 0 Å². The summed E-state index contributed by atoms with van der Waals surface area (Å²) in [6.45, 7) is -1.18. The molecule has 0 atom stereocenters. The molecule has 2 aromatic carbocycles. The molecule has 0 amide bonds. The Hall–Kier alpha value is -2.61. The maximum absolute atomic E-state index is 12.3. The van der Waals surface area contributed by atoms with E-state index < -0.39 is 12.8 Å². The minimum atomic E-state index is -4.42. The standard InChI is InChI=1S/C17H13F3O2/c1-2-13-8-9-15(22-12-17(18,19)20)16(10-13)21-11-14-6-4-3-5-7-14/h1,3-10H,11-12H2. The lowest BCUT2D eigenvalue weighted by atomic mass is 10.2. The first-order valence-electron chi connectivity index (χ1n) is 6.45. The summed E-state index contributed by atoms with van der Waals surface area (Å²) in [7, 11) is 0. The van der Waals surface area contributed by atoms with Crippen LogP contribution in [0.3, 0.4) is 0 Å². The molecule has 22 heavy (non-hydrogen) atoms. The molecule has 0 unspecified atom stereocenters. The van der Waals surface area contributed by atoms with E-state index in [1.807, 2.05) is 30.3 Å². The van der Waals surface area contributed by atoms with Crippen molar-refractivity contribution in [2.24, 2.45) is 0 Å². The second-order valence-corrected chi connectivity index (χ2v) is 4.48. The first-order valence-corrected chi connectivity index (χ1v) is 6.45. The molecule has 5 heteroatoms. The van der Waals surface area contributed by atoms with E-state index in [-0.39, 0.29) is 18.1 Å². The zero-order valence-corrected chi connectivity index (χ0v) is 11.6. The minimum Gasteiger partial charge on any atom is -0.485 e. The third-order valence-electron chi connectivity index (χ3n) is 2.74. The first-order chi connectivity index (χ1) is 10.5. The highest BCUT2D eigenvalue weighted by molar-refractivity contribution is 5.47. The number of halogens is 3. The Labute approximate surface area is 126 Å². The third kappa shape index (κ3) is 4.74. The molecular formula is C17H13F3O2. The van der Waals surface area contributed by atoms with Crippen molar-refractivity contribution < 1.29 is 22.6 Å². The van der Waals surface area contributed by atoms with Gasteiger partial charge in [0, 0.05) is 5.56 Å². The summed E-state index contributed by atoms with van der Waals surface area (Å²) < 4.78 is 47.1. The molecule has 0 heterocycles. The van der Waals surface area contributed by atoms with Gasteiger partial charge in [-0.1, -0.05) is 36.3 Å². The van der Waals surface area contributed by atoms with Gasteiger partial charge in [-0.05, 0) is 23.8 Å². The van der Waals surface area contributed by atoms with Crippen molar-refractivity contribution >= 4 is 0 Å². The van der Waals surface area contributed by atoms with Gasteiger partial charge in [0.1, 0.15) is 6.61 Å². The maximum atomic E-state index is 12.3. The Morgan fingerprint density at radius 2 is 1.68 bits per heavy atom. The van der Waals surface area contributed by atoms with Crippen LogP contribution < -0.4 is 9.47 Å². The van der Waals surface area contributed by atoms with Crippen molar-refractivity contribution in [1.29, 1.82) is 0 Å². The molecule has 0 saturated carbocycles. The average Bonchev–Trinajstić information content (AvgIpc) is 2.51. The molecule has 0 spiro atoms. The van der Waals surface area contributed by atoms with E-state index in [1.54, 1.807) is 0 Å². The molecule has 0 N–H and O–H groups in total. The van der Waals surface area contributed by atoms with E-state index in [4.69, 9.17) is 15.9 Å². The van der Waals surface area contributed by atoms with Crippen LogP contribution in [-0.2, 0) is 6.61 Å². The normalized spacial score (nSPS) is 10.8. The van der Waals surface area contributed by atoms with Gasteiger partial charge < -0.3 is 9.47 Å². The maximum Gasteiger partial charge on any atom is 0.422 e. The lowest BCUT2D eigenvalue weighted by molar-refractivity contribution is -0.153. The van der Waals surface area contributed by atoms with Gasteiger partial charge >= 0.3 is 6.18 Å². The first kappa shape index (κ1) is 15.8. The zero-order valence-electron chi connectivity index (χ0n) is 11.6. The highest BCUT2D eigenvalue weighted by atomic mass is 19.4. The predicted octanol–water partition coefficient (Wildman–Crippen LogP) is 4.19. The molecule has 0 aliphatic carbocycles. The average molecular weight is 306 g/mol. The summed E-state index contributed by atoms with van der Waals surface area (Å²) in [5.74, 6) is 2.60. The summed E-state index contributed by atoms with van der Waals surface area (Å²) >= 11 is 0. The van der Waals surface area contributed by atoms with Crippen LogP contribution in [0.4, 0.5) is 13.2 Å². The SMILES string of the molecule is C#Cc1ccc(OCC(F)(F)F)c(OCc2ccccc2)c1. The monoisotopic (exact) mass is 306 g/mol. The molecule has 0 saturated heterocycles. The van der Waals surface area contributed by atoms with Gasteiger partial charge in [-0.2, -0.15) is 13.2 Å². The number of hydrogen-bond donors (Lipinski definition) is 0. The summed E-state index contributed by atoms with van der Waals surface area (Å²) in [5, 5.41) is 0. The molecular weight excluding hydrogens is 293 g/mol. The summed E-state index contributed by atoms with van der Waals surface area (Å²) in [4.78, 5) is 0. The van der Waals surface area contributed by atoms with Crippen molar-refractivity contribution in [1.82, 2.24) is 0 Å². The van der Waals surface area contributed by atoms with E-state index in [0.717, 1.165) is 5.56 Å². The second kappa shape index (κ2) is 6.90. The van der Waals surface area contributed by atoms with Crippen molar-refractivity contribution in [3.63, 3.8) is 0 Å². The molecule has 0 aromatic heterocycles. The van der Waals surface area contributed by atoms with Crippen LogP contribution in [0.15, 0.2) is 48.5 Å². The van der Waals surface area contributed by atoms with Gasteiger partial charge in [-0.15, -0.1) is 6.42 Å². The lowest BCUT2D eigenvalue weighted by Gasteiger charge is -2.14. The summed E-state index contributed by atoms with van der Waals surface area (Å²) in [6, 6.07) is 13.6. The number of alkyl halides is 3. The molecule has 2 rings (SSSR count). The van der Waals surface area contributed by atoms with Crippen LogP contribution in [0.1, 0.15) is 11.1 Å². The Morgan fingerprint density at radius 3 is 2.32 bits per heavy atom. The van der Waals surface area contributed by atoms with E-state index in [0.29, 0.717) is 5.56 Å². The molecule has 0 radical (unpaired) electrons. The molecule has 114 valence electrons. The molecule has 0 aliphatic heterocycles. The van der Waals surface area contributed by atoms with Crippen LogP contribution in [0, 0.1) is 12.3 Å². The molecule has 0 bridgehead atoms.